The molecule has 0 aliphatic carbocycles. The number of ether oxygens (including phenoxy) is 2. The normalized spacial score (nSPS) is 14.8. The Morgan fingerprint density at radius 3 is 1.84 bits per heavy atom. The van der Waals surface area contributed by atoms with Gasteiger partial charge in [0.1, 0.15) is 11.5 Å². The van der Waals surface area contributed by atoms with Crippen LogP contribution in [0.2, 0.25) is 0 Å². The van der Waals surface area contributed by atoms with Gasteiger partial charge >= 0.3 is 20.2 Å². The molecule has 0 unspecified atom stereocenters. The van der Waals surface area contributed by atoms with Crippen LogP contribution in [-0.4, -0.2) is 25.5 Å². The molecule has 0 amide bonds. The van der Waals surface area contributed by atoms with Gasteiger partial charge in [-0.2, -0.15) is 8.42 Å². The van der Waals surface area contributed by atoms with Crippen LogP contribution in [0.3, 0.4) is 0 Å². The van der Waals surface area contributed by atoms with Gasteiger partial charge in [0, 0.05) is 38.1 Å². The van der Waals surface area contributed by atoms with E-state index in [1.165, 1.54) is 6.07 Å². The number of rotatable bonds is 1. The Hall–Kier alpha value is -3.07. The zero-order chi connectivity index (χ0) is 22.4. The molecule has 1 N–H and O–H groups in total. The van der Waals surface area contributed by atoms with Crippen molar-refractivity contribution >= 4 is 41.6 Å². The standard InChI is InChI=1S/C21H12O5.Cl2O2S/c22-19(23)12-6-5-9-15-18(12)20(24)26-21(15)13-7-1-3-10-16(13)25-17-11-4-2-8-14(17)21;1-5(2,3)4/h1-11H,(H,22,23);. The Kier molecular flexibility index (Phi) is 5.17. The van der Waals surface area contributed by atoms with Crippen LogP contribution in [0, 0.1) is 0 Å². The molecule has 0 bridgehead atoms. The summed E-state index contributed by atoms with van der Waals surface area (Å²) in [5, 5.41) is 9.51. The molecular formula is C21H12Cl2O7S. The SMILES string of the molecule is O=C(O)c1cccc2c1C(=O)OC21c2ccccc2Oc2ccccc21.O=S(=O)(Cl)Cl. The van der Waals surface area contributed by atoms with E-state index >= 15 is 0 Å². The number of aromatic carboxylic acids is 1. The van der Waals surface area contributed by atoms with Crippen molar-refractivity contribution in [2.45, 2.75) is 5.60 Å². The van der Waals surface area contributed by atoms with Crippen LogP contribution in [0.1, 0.15) is 37.4 Å². The number of halogens is 2. The second kappa shape index (κ2) is 7.56. The molecule has 5 rings (SSSR count). The number of hydrogen-bond acceptors (Lipinski definition) is 6. The van der Waals surface area contributed by atoms with Gasteiger partial charge in [-0.25, -0.2) is 9.59 Å². The van der Waals surface area contributed by atoms with Gasteiger partial charge in [-0.05, 0) is 18.2 Å². The zero-order valence-electron chi connectivity index (χ0n) is 15.4. The van der Waals surface area contributed by atoms with E-state index in [1.807, 2.05) is 36.4 Å². The van der Waals surface area contributed by atoms with Gasteiger partial charge in [-0.3, -0.25) is 0 Å². The number of hydrogen-bond donors (Lipinski definition) is 1. The molecule has 10 heteroatoms. The van der Waals surface area contributed by atoms with Crippen LogP contribution in [0.4, 0.5) is 0 Å². The third-order valence-electron chi connectivity index (χ3n) is 4.88. The summed E-state index contributed by atoms with van der Waals surface area (Å²) in [6, 6.07) is 19.4. The molecule has 3 aromatic carbocycles. The van der Waals surface area contributed by atoms with Crippen LogP contribution in [0.5, 0.6) is 11.5 Å². The van der Waals surface area contributed by atoms with Gasteiger partial charge < -0.3 is 14.6 Å². The van der Waals surface area contributed by atoms with E-state index in [0.717, 1.165) is 0 Å². The number of fused-ring (bicyclic) bond motifs is 6. The minimum absolute atomic E-state index is 0.0640. The van der Waals surface area contributed by atoms with Crippen molar-refractivity contribution in [2.75, 3.05) is 0 Å². The van der Waals surface area contributed by atoms with Crippen molar-refractivity contribution in [1.29, 1.82) is 0 Å². The first-order valence-electron chi connectivity index (χ1n) is 8.74. The number of carbonyl (C=O) groups is 2. The second-order valence-corrected chi connectivity index (χ2v) is 10.2. The number of carbonyl (C=O) groups excluding carboxylic acids is 1. The third-order valence-corrected chi connectivity index (χ3v) is 4.88. The fourth-order valence-corrected chi connectivity index (χ4v) is 3.85. The molecular weight excluding hydrogens is 467 g/mol. The van der Waals surface area contributed by atoms with Gasteiger partial charge in [0.15, 0.2) is 5.60 Å². The second-order valence-electron chi connectivity index (χ2n) is 6.58. The Morgan fingerprint density at radius 1 is 0.839 bits per heavy atom. The van der Waals surface area contributed by atoms with Crippen LogP contribution in [0.15, 0.2) is 66.7 Å². The molecule has 2 aliphatic heterocycles. The smallest absolute Gasteiger partial charge is 0.341 e. The summed E-state index contributed by atoms with van der Waals surface area (Å²) in [5.74, 6) is -0.658. The lowest BCUT2D eigenvalue weighted by molar-refractivity contribution is 0.0222. The summed E-state index contributed by atoms with van der Waals surface area (Å²) < 4.78 is 30.2. The molecule has 2 heterocycles. The number of benzene rings is 3. The molecule has 0 radical (unpaired) electrons. The molecule has 158 valence electrons. The molecule has 1 spiro atoms. The lowest BCUT2D eigenvalue weighted by atomic mass is 9.77. The van der Waals surface area contributed by atoms with E-state index in [2.05, 4.69) is 21.4 Å². The minimum atomic E-state index is -3.72. The predicted molar refractivity (Wildman–Crippen MR) is 112 cm³/mol. The van der Waals surface area contributed by atoms with Gasteiger partial charge in [0.2, 0.25) is 0 Å². The summed E-state index contributed by atoms with van der Waals surface area (Å²) in [4.78, 5) is 24.4. The monoisotopic (exact) mass is 478 g/mol. The number of carboxylic acids is 1. The third kappa shape index (κ3) is 3.63. The first-order chi connectivity index (χ1) is 14.6. The van der Waals surface area contributed by atoms with Crippen molar-refractivity contribution in [3.63, 3.8) is 0 Å². The van der Waals surface area contributed by atoms with E-state index in [4.69, 9.17) is 17.9 Å². The predicted octanol–water partition coefficient (Wildman–Crippen LogP) is 4.66. The highest BCUT2D eigenvalue weighted by molar-refractivity contribution is 8.31. The average Bonchev–Trinajstić information content (AvgIpc) is 3.00. The Bertz CT molecular complexity index is 1280. The first-order valence-corrected chi connectivity index (χ1v) is 11.9. The number of esters is 1. The Morgan fingerprint density at radius 2 is 1.32 bits per heavy atom. The fraction of sp³-hybridized carbons (Fsp3) is 0.0476. The van der Waals surface area contributed by atoms with Gasteiger partial charge in [-0.15, -0.1) is 0 Å². The van der Waals surface area contributed by atoms with E-state index in [9.17, 15) is 14.7 Å². The van der Waals surface area contributed by atoms with Crippen molar-refractivity contribution in [3.05, 3.63) is 94.5 Å². The molecule has 31 heavy (non-hydrogen) atoms. The number of carboxylic acid groups (broad SMARTS) is 1. The topological polar surface area (TPSA) is 107 Å². The van der Waals surface area contributed by atoms with E-state index in [1.54, 1.807) is 24.3 Å². The van der Waals surface area contributed by atoms with E-state index < -0.39 is 25.8 Å². The van der Waals surface area contributed by atoms with E-state index in [0.29, 0.717) is 28.2 Å². The molecule has 0 aromatic heterocycles. The molecule has 3 aromatic rings. The maximum Gasteiger partial charge on any atom is 0.341 e. The summed E-state index contributed by atoms with van der Waals surface area (Å²) in [7, 11) is 4.81. The molecule has 7 nitrogen and oxygen atoms in total. The molecule has 0 atom stereocenters. The number of para-hydroxylation sites is 2. The average molecular weight is 479 g/mol. The summed E-state index contributed by atoms with van der Waals surface area (Å²) in [6.07, 6.45) is 0. The van der Waals surface area contributed by atoms with Gasteiger partial charge in [0.05, 0.1) is 11.1 Å². The summed E-state index contributed by atoms with van der Waals surface area (Å²) in [6.45, 7) is 0. The zero-order valence-corrected chi connectivity index (χ0v) is 17.7. The highest BCUT2D eigenvalue weighted by Gasteiger charge is 2.54. The summed E-state index contributed by atoms with van der Waals surface area (Å²) >= 11 is 0. The molecule has 0 fully saturated rings. The van der Waals surface area contributed by atoms with Gasteiger partial charge in [-0.1, -0.05) is 48.5 Å². The largest absolute Gasteiger partial charge is 0.478 e. The van der Waals surface area contributed by atoms with Gasteiger partial charge in [0.25, 0.3) is 0 Å². The lowest BCUT2D eigenvalue weighted by Gasteiger charge is -2.36. The van der Waals surface area contributed by atoms with E-state index in [-0.39, 0.29) is 11.1 Å². The maximum absolute atomic E-state index is 12.8. The maximum atomic E-state index is 12.8. The van der Waals surface area contributed by atoms with Crippen LogP contribution in [0.25, 0.3) is 0 Å². The highest BCUT2D eigenvalue weighted by Crippen LogP contribution is 2.56. The van der Waals surface area contributed by atoms with Crippen LogP contribution in [-0.2, 0) is 18.6 Å². The van der Waals surface area contributed by atoms with Crippen molar-refractivity contribution < 1.29 is 32.6 Å². The van der Waals surface area contributed by atoms with Crippen LogP contribution < -0.4 is 4.74 Å². The van der Waals surface area contributed by atoms with Crippen molar-refractivity contribution in [3.8, 4) is 11.5 Å². The lowest BCUT2D eigenvalue weighted by Crippen LogP contribution is -2.32. The fourth-order valence-electron chi connectivity index (χ4n) is 3.85. The highest BCUT2D eigenvalue weighted by atomic mass is 36.0. The molecule has 0 saturated heterocycles. The van der Waals surface area contributed by atoms with Crippen molar-refractivity contribution in [1.82, 2.24) is 0 Å². The Balaban J connectivity index is 0.000000418. The van der Waals surface area contributed by atoms with Crippen LogP contribution >= 0.6 is 21.4 Å². The minimum Gasteiger partial charge on any atom is -0.478 e. The van der Waals surface area contributed by atoms with Crippen molar-refractivity contribution in [2.24, 2.45) is 0 Å². The first kappa shape index (κ1) is 21.2. The Labute approximate surface area is 185 Å². The quantitative estimate of drug-likeness (QED) is 0.400. The molecule has 0 saturated carbocycles. The summed E-state index contributed by atoms with van der Waals surface area (Å²) in [5.41, 5.74) is 0.674. The molecule has 2 aliphatic rings.